The molecule has 0 radical (unpaired) electrons. The number of para-hydroxylation sites is 2. The number of fused-ring (bicyclic) bond motifs is 1. The second kappa shape index (κ2) is 6.01. The fraction of sp³-hybridized carbons (Fsp3) is 0.533. The summed E-state index contributed by atoms with van der Waals surface area (Å²) in [5.41, 5.74) is 2.28. The lowest BCUT2D eigenvalue weighted by molar-refractivity contribution is 0.514. The molecule has 0 aliphatic rings. The Morgan fingerprint density at radius 3 is 2.78 bits per heavy atom. The zero-order chi connectivity index (χ0) is 13.0. The van der Waals surface area contributed by atoms with Gasteiger partial charge in [0.25, 0.3) is 0 Å². The lowest BCUT2D eigenvalue weighted by Gasteiger charge is -2.13. The van der Waals surface area contributed by atoms with Gasteiger partial charge < -0.3 is 9.88 Å². The fourth-order valence-electron chi connectivity index (χ4n) is 2.34. The number of aromatic nitrogens is 2. The fourth-order valence-corrected chi connectivity index (χ4v) is 2.34. The number of hydrogen-bond acceptors (Lipinski definition) is 2. The molecule has 0 fully saturated rings. The number of benzene rings is 1. The minimum Gasteiger partial charge on any atom is -0.330 e. The molecule has 3 heteroatoms. The summed E-state index contributed by atoms with van der Waals surface area (Å²) in [6.45, 7) is 5.49. The minimum atomic E-state index is 0.305. The summed E-state index contributed by atoms with van der Waals surface area (Å²) in [6, 6.07) is 8.60. The maximum Gasteiger partial charge on any atom is 0.126 e. The number of unbranched alkanes of at least 4 members (excludes halogenated alkanes) is 2. The zero-order valence-corrected chi connectivity index (χ0v) is 11.6. The van der Waals surface area contributed by atoms with Crippen LogP contribution in [-0.4, -0.2) is 16.1 Å². The molecule has 0 bridgehead atoms. The van der Waals surface area contributed by atoms with Crippen LogP contribution in [0.5, 0.6) is 0 Å². The highest BCUT2D eigenvalue weighted by Crippen LogP contribution is 2.18. The van der Waals surface area contributed by atoms with Crippen LogP contribution in [0.4, 0.5) is 0 Å². The third-order valence-electron chi connectivity index (χ3n) is 3.44. The monoisotopic (exact) mass is 245 g/mol. The zero-order valence-electron chi connectivity index (χ0n) is 11.6. The van der Waals surface area contributed by atoms with Crippen molar-refractivity contribution in [3.8, 4) is 0 Å². The van der Waals surface area contributed by atoms with Gasteiger partial charge in [0.15, 0.2) is 0 Å². The van der Waals surface area contributed by atoms with Gasteiger partial charge in [0.2, 0.25) is 0 Å². The summed E-state index contributed by atoms with van der Waals surface area (Å²) >= 11 is 0. The summed E-state index contributed by atoms with van der Waals surface area (Å²) < 4.78 is 2.19. The van der Waals surface area contributed by atoms with Crippen LogP contribution in [0, 0.1) is 0 Å². The second-order valence-electron chi connectivity index (χ2n) is 4.90. The van der Waals surface area contributed by atoms with Gasteiger partial charge in [-0.2, -0.15) is 0 Å². The smallest absolute Gasteiger partial charge is 0.126 e. The molecule has 98 valence electrons. The predicted octanol–water partition coefficient (Wildman–Crippen LogP) is 3.41. The van der Waals surface area contributed by atoms with Crippen molar-refractivity contribution in [2.75, 3.05) is 6.54 Å². The van der Waals surface area contributed by atoms with Crippen LogP contribution in [0.3, 0.4) is 0 Å². The summed E-state index contributed by atoms with van der Waals surface area (Å²) in [6.07, 6.45) is 3.80. The Labute approximate surface area is 109 Å². The topological polar surface area (TPSA) is 29.9 Å². The Hall–Kier alpha value is -1.35. The SMILES string of the molecule is CCCCCNC(C)c1nc2ccccc2n1C. The molecule has 1 heterocycles. The van der Waals surface area contributed by atoms with Gasteiger partial charge in [-0.1, -0.05) is 31.9 Å². The van der Waals surface area contributed by atoms with Crippen molar-refractivity contribution in [3.63, 3.8) is 0 Å². The van der Waals surface area contributed by atoms with Crippen LogP contribution in [-0.2, 0) is 7.05 Å². The molecule has 0 amide bonds. The van der Waals surface area contributed by atoms with E-state index in [0.717, 1.165) is 17.9 Å². The van der Waals surface area contributed by atoms with Gasteiger partial charge in [0.05, 0.1) is 17.1 Å². The summed E-state index contributed by atoms with van der Waals surface area (Å²) in [7, 11) is 2.09. The molecule has 1 atom stereocenters. The Morgan fingerprint density at radius 2 is 2.06 bits per heavy atom. The van der Waals surface area contributed by atoms with Crippen molar-refractivity contribution in [1.82, 2.24) is 14.9 Å². The van der Waals surface area contributed by atoms with Crippen LogP contribution in [0.15, 0.2) is 24.3 Å². The van der Waals surface area contributed by atoms with Crippen molar-refractivity contribution >= 4 is 11.0 Å². The van der Waals surface area contributed by atoms with E-state index in [4.69, 9.17) is 4.98 Å². The van der Waals surface area contributed by atoms with E-state index in [0.29, 0.717) is 6.04 Å². The first-order valence-electron chi connectivity index (χ1n) is 6.88. The number of rotatable bonds is 6. The number of nitrogens with one attached hydrogen (secondary N) is 1. The number of hydrogen-bond donors (Lipinski definition) is 1. The van der Waals surface area contributed by atoms with E-state index in [-0.39, 0.29) is 0 Å². The maximum absolute atomic E-state index is 4.71. The lowest BCUT2D eigenvalue weighted by Crippen LogP contribution is -2.22. The van der Waals surface area contributed by atoms with Crippen LogP contribution in [0.2, 0.25) is 0 Å². The maximum atomic E-state index is 4.71. The normalized spacial score (nSPS) is 13.1. The van der Waals surface area contributed by atoms with Crippen LogP contribution < -0.4 is 5.32 Å². The molecule has 2 aromatic rings. The van der Waals surface area contributed by atoms with E-state index in [1.165, 1.54) is 24.8 Å². The number of nitrogens with zero attached hydrogens (tertiary/aromatic N) is 2. The molecule has 0 aliphatic carbocycles. The lowest BCUT2D eigenvalue weighted by atomic mass is 10.2. The van der Waals surface area contributed by atoms with Crippen molar-refractivity contribution in [2.24, 2.45) is 7.05 Å². The quantitative estimate of drug-likeness (QED) is 0.790. The van der Waals surface area contributed by atoms with E-state index in [9.17, 15) is 0 Å². The van der Waals surface area contributed by atoms with E-state index in [1.54, 1.807) is 0 Å². The standard InChI is InChI=1S/C15H23N3/c1-4-5-8-11-16-12(2)15-17-13-9-6-7-10-14(13)18(15)3/h6-7,9-10,12,16H,4-5,8,11H2,1-3H3. The molecule has 1 N–H and O–H groups in total. The molecule has 2 rings (SSSR count). The average Bonchev–Trinajstić information content (AvgIpc) is 2.73. The second-order valence-corrected chi connectivity index (χ2v) is 4.90. The molecule has 3 nitrogen and oxygen atoms in total. The molecule has 1 aromatic carbocycles. The molecule has 0 spiro atoms. The molecular formula is C15H23N3. The summed E-state index contributed by atoms with van der Waals surface area (Å²) in [5, 5.41) is 3.55. The van der Waals surface area contributed by atoms with Gasteiger partial charge >= 0.3 is 0 Å². The van der Waals surface area contributed by atoms with E-state index in [2.05, 4.69) is 49.0 Å². The number of imidazole rings is 1. The molecular weight excluding hydrogens is 222 g/mol. The Kier molecular flexibility index (Phi) is 4.37. The van der Waals surface area contributed by atoms with Gasteiger partial charge in [-0.05, 0) is 32.0 Å². The Morgan fingerprint density at radius 1 is 1.28 bits per heavy atom. The largest absolute Gasteiger partial charge is 0.330 e. The third kappa shape index (κ3) is 2.72. The first kappa shape index (κ1) is 13.1. The predicted molar refractivity (Wildman–Crippen MR) is 76.7 cm³/mol. The van der Waals surface area contributed by atoms with Crippen LogP contribution >= 0.6 is 0 Å². The van der Waals surface area contributed by atoms with Crippen LogP contribution in [0.1, 0.15) is 45.0 Å². The van der Waals surface area contributed by atoms with Crippen LogP contribution in [0.25, 0.3) is 11.0 Å². The highest BCUT2D eigenvalue weighted by Gasteiger charge is 2.13. The molecule has 0 saturated carbocycles. The van der Waals surface area contributed by atoms with Gasteiger partial charge in [-0.15, -0.1) is 0 Å². The summed E-state index contributed by atoms with van der Waals surface area (Å²) in [5.74, 6) is 1.12. The summed E-state index contributed by atoms with van der Waals surface area (Å²) in [4.78, 5) is 4.71. The van der Waals surface area contributed by atoms with Gasteiger partial charge in [0.1, 0.15) is 5.82 Å². The van der Waals surface area contributed by atoms with E-state index < -0.39 is 0 Å². The van der Waals surface area contributed by atoms with Gasteiger partial charge in [-0.3, -0.25) is 0 Å². The molecule has 0 aliphatic heterocycles. The van der Waals surface area contributed by atoms with E-state index >= 15 is 0 Å². The number of aryl methyl sites for hydroxylation is 1. The van der Waals surface area contributed by atoms with E-state index in [1.807, 2.05) is 6.07 Å². The van der Waals surface area contributed by atoms with Crippen molar-refractivity contribution in [1.29, 1.82) is 0 Å². The third-order valence-corrected chi connectivity index (χ3v) is 3.44. The Bertz CT molecular complexity index is 501. The molecule has 18 heavy (non-hydrogen) atoms. The highest BCUT2D eigenvalue weighted by atomic mass is 15.1. The van der Waals surface area contributed by atoms with Crippen molar-refractivity contribution < 1.29 is 0 Å². The molecule has 1 unspecified atom stereocenters. The first-order valence-corrected chi connectivity index (χ1v) is 6.88. The molecule has 0 saturated heterocycles. The van der Waals surface area contributed by atoms with Gasteiger partial charge in [0, 0.05) is 7.05 Å². The molecule has 1 aromatic heterocycles. The minimum absolute atomic E-state index is 0.305. The Balaban J connectivity index is 2.08. The van der Waals surface area contributed by atoms with Crippen molar-refractivity contribution in [3.05, 3.63) is 30.1 Å². The first-order chi connectivity index (χ1) is 8.74. The van der Waals surface area contributed by atoms with Crippen molar-refractivity contribution in [2.45, 2.75) is 39.2 Å². The van der Waals surface area contributed by atoms with Gasteiger partial charge in [-0.25, -0.2) is 4.98 Å². The highest BCUT2D eigenvalue weighted by molar-refractivity contribution is 5.75. The average molecular weight is 245 g/mol.